The minimum atomic E-state index is -1.66. The van der Waals surface area contributed by atoms with E-state index in [2.05, 4.69) is 33.9 Å². The van der Waals surface area contributed by atoms with Gasteiger partial charge in [0.15, 0.2) is 8.32 Å². The van der Waals surface area contributed by atoms with Crippen LogP contribution in [0.15, 0.2) is 0 Å². The molecule has 0 aromatic rings. The molecule has 0 aromatic carbocycles. The van der Waals surface area contributed by atoms with Crippen molar-refractivity contribution < 1.29 is 14.0 Å². The van der Waals surface area contributed by atoms with Crippen LogP contribution in [-0.4, -0.2) is 27.0 Å². The molecular formula is C15H28O3Si. The van der Waals surface area contributed by atoms with Crippen molar-refractivity contribution in [2.45, 2.75) is 64.8 Å². The van der Waals surface area contributed by atoms with Crippen molar-refractivity contribution in [1.82, 2.24) is 0 Å². The Morgan fingerprint density at radius 2 is 1.74 bits per heavy atom. The van der Waals surface area contributed by atoms with Gasteiger partial charge in [-0.15, -0.1) is 0 Å². The molecule has 2 atom stereocenters. The number of esters is 1. The smallest absolute Gasteiger partial charge is 0.309 e. The number of hydrogen-bond donors (Lipinski definition) is 0. The van der Waals surface area contributed by atoms with Gasteiger partial charge in [-0.25, -0.2) is 0 Å². The Balaban J connectivity index is 1.83. The Kier molecular flexibility index (Phi) is 3.87. The topological polar surface area (TPSA) is 35.5 Å². The van der Waals surface area contributed by atoms with Crippen molar-refractivity contribution in [1.29, 1.82) is 0 Å². The quantitative estimate of drug-likeness (QED) is 0.584. The van der Waals surface area contributed by atoms with Gasteiger partial charge in [-0.05, 0) is 49.7 Å². The summed E-state index contributed by atoms with van der Waals surface area (Å²) in [5.41, 5.74) is 0. The van der Waals surface area contributed by atoms with E-state index in [1.807, 2.05) is 6.92 Å². The second kappa shape index (κ2) is 4.88. The summed E-state index contributed by atoms with van der Waals surface area (Å²) in [5, 5.41) is 0.264. The summed E-state index contributed by atoms with van der Waals surface area (Å²) >= 11 is 0. The first-order valence-electron chi connectivity index (χ1n) is 7.52. The average molecular weight is 284 g/mol. The SMILES string of the molecule is CCOC(=O)C1C2CC(O[Si](C)(C)C(C)(C)C)CC21. The standard InChI is InChI=1S/C15H28O3Si/c1-7-17-14(16)13-11-8-10(9-12(11)13)18-19(5,6)15(2,3)4/h10-13H,7-9H2,1-6H3. The minimum Gasteiger partial charge on any atom is -0.466 e. The summed E-state index contributed by atoms with van der Waals surface area (Å²) in [7, 11) is -1.66. The van der Waals surface area contributed by atoms with Crippen LogP contribution in [0.25, 0.3) is 0 Å². The normalized spacial score (nSPS) is 34.0. The van der Waals surface area contributed by atoms with Crippen LogP contribution >= 0.6 is 0 Å². The van der Waals surface area contributed by atoms with E-state index in [9.17, 15) is 4.79 Å². The first-order chi connectivity index (χ1) is 8.67. The van der Waals surface area contributed by atoms with Crippen LogP contribution < -0.4 is 0 Å². The molecule has 19 heavy (non-hydrogen) atoms. The minimum absolute atomic E-state index is 0.0169. The molecule has 0 aromatic heterocycles. The van der Waals surface area contributed by atoms with E-state index in [0.29, 0.717) is 24.5 Å². The van der Waals surface area contributed by atoms with E-state index in [1.165, 1.54) is 0 Å². The molecular weight excluding hydrogens is 256 g/mol. The van der Waals surface area contributed by atoms with Crippen molar-refractivity contribution in [3.05, 3.63) is 0 Å². The zero-order valence-corrected chi connectivity index (χ0v) is 14.2. The van der Waals surface area contributed by atoms with Gasteiger partial charge in [0, 0.05) is 6.10 Å². The molecule has 0 bridgehead atoms. The van der Waals surface area contributed by atoms with Gasteiger partial charge in [-0.2, -0.15) is 0 Å². The molecule has 2 aliphatic rings. The predicted octanol–water partition coefficient (Wildman–Crippen LogP) is 3.60. The van der Waals surface area contributed by atoms with Gasteiger partial charge in [0.05, 0.1) is 12.5 Å². The molecule has 110 valence electrons. The predicted molar refractivity (Wildman–Crippen MR) is 78.4 cm³/mol. The number of hydrogen-bond acceptors (Lipinski definition) is 3. The van der Waals surface area contributed by atoms with E-state index in [4.69, 9.17) is 9.16 Å². The molecule has 2 unspecified atom stereocenters. The highest BCUT2D eigenvalue weighted by atomic mass is 28.4. The lowest BCUT2D eigenvalue weighted by atomic mass is 10.1. The van der Waals surface area contributed by atoms with E-state index in [1.54, 1.807) is 0 Å². The van der Waals surface area contributed by atoms with Crippen molar-refractivity contribution >= 4 is 14.3 Å². The summed E-state index contributed by atoms with van der Waals surface area (Å²) in [6, 6.07) is 0. The molecule has 2 fully saturated rings. The maximum absolute atomic E-state index is 11.7. The molecule has 0 heterocycles. The lowest BCUT2D eigenvalue weighted by Gasteiger charge is -2.39. The van der Waals surface area contributed by atoms with Gasteiger partial charge in [0.1, 0.15) is 0 Å². The lowest BCUT2D eigenvalue weighted by molar-refractivity contribution is -0.145. The molecule has 0 radical (unpaired) electrons. The van der Waals surface area contributed by atoms with Gasteiger partial charge in [-0.3, -0.25) is 4.79 Å². The number of ether oxygens (including phenoxy) is 1. The maximum Gasteiger partial charge on any atom is 0.309 e. The van der Waals surface area contributed by atoms with Gasteiger partial charge < -0.3 is 9.16 Å². The van der Waals surface area contributed by atoms with Gasteiger partial charge in [0.25, 0.3) is 0 Å². The van der Waals surface area contributed by atoms with Crippen LogP contribution in [0.5, 0.6) is 0 Å². The third-order valence-corrected chi connectivity index (χ3v) is 9.76. The Hall–Kier alpha value is -0.353. The van der Waals surface area contributed by atoms with Crippen LogP contribution in [0, 0.1) is 17.8 Å². The maximum atomic E-state index is 11.7. The molecule has 0 amide bonds. The van der Waals surface area contributed by atoms with Crippen LogP contribution in [0.2, 0.25) is 18.1 Å². The molecule has 2 rings (SSSR count). The Morgan fingerprint density at radius 1 is 1.21 bits per heavy atom. The Bertz CT molecular complexity index is 347. The summed E-state index contributed by atoms with van der Waals surface area (Å²) in [4.78, 5) is 11.7. The summed E-state index contributed by atoms with van der Waals surface area (Å²) in [6.45, 7) is 13.8. The highest BCUT2D eigenvalue weighted by molar-refractivity contribution is 6.74. The van der Waals surface area contributed by atoms with Gasteiger partial charge >= 0.3 is 5.97 Å². The first-order valence-corrected chi connectivity index (χ1v) is 10.4. The second-order valence-electron chi connectivity index (χ2n) is 7.58. The highest BCUT2D eigenvalue weighted by Crippen LogP contribution is 2.59. The number of carbonyl (C=O) groups excluding carboxylic acids is 1. The van der Waals surface area contributed by atoms with Crippen LogP contribution in [-0.2, 0) is 14.0 Å². The van der Waals surface area contributed by atoms with Gasteiger partial charge in [-0.1, -0.05) is 20.8 Å². The van der Waals surface area contributed by atoms with Crippen LogP contribution in [0.1, 0.15) is 40.5 Å². The third-order valence-electron chi connectivity index (χ3n) is 5.23. The Labute approximate surface area is 118 Å². The zero-order valence-electron chi connectivity index (χ0n) is 13.2. The molecule has 0 spiro atoms. The van der Waals surface area contributed by atoms with Crippen LogP contribution in [0.4, 0.5) is 0 Å². The molecule has 0 saturated heterocycles. The zero-order chi connectivity index (χ0) is 14.4. The number of carbonyl (C=O) groups is 1. The monoisotopic (exact) mass is 284 g/mol. The summed E-state index contributed by atoms with van der Waals surface area (Å²) < 4.78 is 11.6. The van der Waals surface area contributed by atoms with Crippen LogP contribution in [0.3, 0.4) is 0 Å². The number of fused-ring (bicyclic) bond motifs is 1. The van der Waals surface area contributed by atoms with Crippen molar-refractivity contribution in [3.63, 3.8) is 0 Å². The van der Waals surface area contributed by atoms with E-state index < -0.39 is 8.32 Å². The fourth-order valence-electron chi connectivity index (χ4n) is 3.07. The average Bonchev–Trinajstić information content (AvgIpc) is 2.75. The molecule has 2 aliphatic carbocycles. The summed E-state index contributed by atoms with van der Waals surface area (Å²) in [5.74, 6) is 1.27. The second-order valence-corrected chi connectivity index (χ2v) is 12.3. The van der Waals surface area contributed by atoms with E-state index in [0.717, 1.165) is 12.8 Å². The molecule has 4 heteroatoms. The summed E-state index contributed by atoms with van der Waals surface area (Å²) in [6.07, 6.45) is 2.49. The number of rotatable bonds is 4. The van der Waals surface area contributed by atoms with Crippen molar-refractivity contribution in [2.24, 2.45) is 17.8 Å². The molecule has 0 N–H and O–H groups in total. The first kappa shape index (κ1) is 15.0. The van der Waals surface area contributed by atoms with Crippen molar-refractivity contribution in [2.75, 3.05) is 6.61 Å². The lowest BCUT2D eigenvalue weighted by Crippen LogP contribution is -2.43. The molecule has 2 saturated carbocycles. The molecule has 3 nitrogen and oxygen atoms in total. The third kappa shape index (κ3) is 2.89. The highest BCUT2D eigenvalue weighted by Gasteiger charge is 2.61. The van der Waals surface area contributed by atoms with Crippen molar-refractivity contribution in [3.8, 4) is 0 Å². The molecule has 0 aliphatic heterocycles. The van der Waals surface area contributed by atoms with Gasteiger partial charge in [0.2, 0.25) is 0 Å². The van der Waals surface area contributed by atoms with E-state index >= 15 is 0 Å². The largest absolute Gasteiger partial charge is 0.466 e. The Morgan fingerprint density at radius 3 is 2.16 bits per heavy atom. The van der Waals surface area contributed by atoms with E-state index in [-0.39, 0.29) is 16.9 Å². The fourth-order valence-corrected chi connectivity index (χ4v) is 4.45. The fraction of sp³-hybridized carbons (Fsp3) is 0.933.